The van der Waals surface area contributed by atoms with Crippen molar-refractivity contribution in [1.29, 1.82) is 0 Å². The fraction of sp³-hybridized carbons (Fsp3) is 0.417. The van der Waals surface area contributed by atoms with Gasteiger partial charge in [-0.05, 0) is 18.6 Å². The van der Waals surface area contributed by atoms with Crippen LogP contribution in [0.15, 0.2) is 18.2 Å². The van der Waals surface area contributed by atoms with E-state index in [0.29, 0.717) is 12.0 Å². The Hall–Kier alpha value is -1.49. The zero-order valence-corrected chi connectivity index (χ0v) is 9.71. The molecule has 92 valence electrons. The molecule has 0 aromatic heterocycles. The molecule has 5 heteroatoms. The Morgan fingerprint density at radius 1 is 1.41 bits per heavy atom. The predicted octanol–water partition coefficient (Wildman–Crippen LogP) is 1.80. The molecular formula is C12H14F2N2O. The third-order valence-corrected chi connectivity index (χ3v) is 3.06. The van der Waals surface area contributed by atoms with Gasteiger partial charge in [0.05, 0.1) is 6.04 Å². The first-order chi connectivity index (χ1) is 8.04. The standard InChI is InChI=1S/C12H14F2N2O/c1-3-10-12(17)16(2)11(15-10)8-5-4-7(13)6-9(8)14/h4-6,10-11,15H,3H2,1-2H3. The van der Waals surface area contributed by atoms with Crippen molar-refractivity contribution < 1.29 is 13.6 Å². The summed E-state index contributed by atoms with van der Waals surface area (Å²) in [6, 6.07) is 3.09. The van der Waals surface area contributed by atoms with Crippen molar-refractivity contribution in [2.45, 2.75) is 25.6 Å². The number of amides is 1. The van der Waals surface area contributed by atoms with E-state index in [1.54, 1.807) is 7.05 Å². The van der Waals surface area contributed by atoms with Crippen LogP contribution in [0.2, 0.25) is 0 Å². The molecule has 0 aliphatic carbocycles. The van der Waals surface area contributed by atoms with Crippen LogP contribution in [-0.2, 0) is 4.79 Å². The van der Waals surface area contributed by atoms with Gasteiger partial charge in [0, 0.05) is 18.7 Å². The second-order valence-electron chi connectivity index (χ2n) is 4.15. The SMILES string of the molecule is CCC1NC(c2ccc(F)cc2F)N(C)C1=O. The van der Waals surface area contributed by atoms with E-state index >= 15 is 0 Å². The fourth-order valence-corrected chi connectivity index (χ4v) is 2.06. The van der Waals surface area contributed by atoms with Crippen LogP contribution in [0.3, 0.4) is 0 Å². The third-order valence-electron chi connectivity index (χ3n) is 3.06. The Bertz CT molecular complexity index is 450. The van der Waals surface area contributed by atoms with Crippen LogP contribution in [0.25, 0.3) is 0 Å². The molecule has 17 heavy (non-hydrogen) atoms. The smallest absolute Gasteiger partial charge is 0.241 e. The van der Waals surface area contributed by atoms with E-state index in [9.17, 15) is 13.6 Å². The highest BCUT2D eigenvalue weighted by atomic mass is 19.1. The summed E-state index contributed by atoms with van der Waals surface area (Å²) in [7, 11) is 1.61. The van der Waals surface area contributed by atoms with Gasteiger partial charge < -0.3 is 4.90 Å². The van der Waals surface area contributed by atoms with E-state index < -0.39 is 17.8 Å². The summed E-state index contributed by atoms with van der Waals surface area (Å²) in [6.45, 7) is 1.88. The number of carbonyl (C=O) groups is 1. The Morgan fingerprint density at radius 3 is 2.65 bits per heavy atom. The molecule has 1 heterocycles. The van der Waals surface area contributed by atoms with Crippen molar-refractivity contribution in [2.75, 3.05) is 7.05 Å². The molecule has 1 amide bonds. The minimum absolute atomic E-state index is 0.0683. The van der Waals surface area contributed by atoms with Gasteiger partial charge in [-0.3, -0.25) is 10.1 Å². The fourth-order valence-electron chi connectivity index (χ4n) is 2.06. The summed E-state index contributed by atoms with van der Waals surface area (Å²) in [4.78, 5) is 13.2. The van der Waals surface area contributed by atoms with Crippen LogP contribution >= 0.6 is 0 Å². The monoisotopic (exact) mass is 240 g/mol. The average Bonchev–Trinajstić information content (AvgIpc) is 2.57. The summed E-state index contributed by atoms with van der Waals surface area (Å²) in [6.07, 6.45) is 0.121. The Labute approximate surface area is 98.4 Å². The van der Waals surface area contributed by atoms with Crippen LogP contribution in [0.5, 0.6) is 0 Å². The van der Waals surface area contributed by atoms with Crippen molar-refractivity contribution in [2.24, 2.45) is 0 Å². The van der Waals surface area contributed by atoms with Gasteiger partial charge in [-0.25, -0.2) is 8.78 Å². The van der Waals surface area contributed by atoms with Crippen LogP contribution in [-0.4, -0.2) is 23.9 Å². The van der Waals surface area contributed by atoms with E-state index in [0.717, 1.165) is 6.07 Å². The molecule has 2 unspecified atom stereocenters. The lowest BCUT2D eigenvalue weighted by Crippen LogP contribution is -2.27. The Kier molecular flexibility index (Phi) is 3.11. The van der Waals surface area contributed by atoms with E-state index in [2.05, 4.69) is 5.32 Å². The molecule has 0 spiro atoms. The quantitative estimate of drug-likeness (QED) is 0.855. The third kappa shape index (κ3) is 2.02. The largest absolute Gasteiger partial charge is 0.325 e. The minimum atomic E-state index is -0.640. The van der Waals surface area contributed by atoms with Crippen molar-refractivity contribution in [3.05, 3.63) is 35.4 Å². The van der Waals surface area contributed by atoms with Gasteiger partial charge in [-0.15, -0.1) is 0 Å². The van der Waals surface area contributed by atoms with Gasteiger partial charge in [0.2, 0.25) is 5.91 Å². The lowest BCUT2D eigenvalue weighted by atomic mass is 10.1. The summed E-state index contributed by atoms with van der Waals surface area (Å²) >= 11 is 0. The van der Waals surface area contributed by atoms with Crippen LogP contribution < -0.4 is 5.32 Å². The molecular weight excluding hydrogens is 226 g/mol. The van der Waals surface area contributed by atoms with Crippen molar-refractivity contribution in [1.82, 2.24) is 10.2 Å². The first-order valence-electron chi connectivity index (χ1n) is 5.52. The van der Waals surface area contributed by atoms with Crippen molar-refractivity contribution in [3.63, 3.8) is 0 Å². The number of rotatable bonds is 2. The van der Waals surface area contributed by atoms with Gasteiger partial charge in [0.25, 0.3) is 0 Å². The second kappa shape index (κ2) is 4.41. The van der Waals surface area contributed by atoms with E-state index in [-0.39, 0.29) is 11.9 Å². The molecule has 2 atom stereocenters. The molecule has 1 N–H and O–H groups in total. The number of halogens is 2. The number of hydrogen-bond donors (Lipinski definition) is 1. The lowest BCUT2D eigenvalue weighted by molar-refractivity contribution is -0.128. The zero-order chi connectivity index (χ0) is 12.6. The highest BCUT2D eigenvalue weighted by Crippen LogP contribution is 2.26. The number of benzene rings is 1. The molecule has 1 aliphatic heterocycles. The van der Waals surface area contributed by atoms with Gasteiger partial charge in [0.15, 0.2) is 0 Å². The summed E-state index contributed by atoms with van der Waals surface area (Å²) < 4.78 is 26.4. The maximum Gasteiger partial charge on any atom is 0.241 e. The number of nitrogens with zero attached hydrogens (tertiary/aromatic N) is 1. The number of carbonyl (C=O) groups excluding carboxylic acids is 1. The number of likely N-dealkylation sites (N-methyl/N-ethyl adjacent to an activating group) is 1. The molecule has 0 radical (unpaired) electrons. The van der Waals surface area contributed by atoms with Gasteiger partial charge in [0.1, 0.15) is 17.8 Å². The van der Waals surface area contributed by atoms with Crippen LogP contribution in [0.1, 0.15) is 25.1 Å². The molecule has 2 rings (SSSR count). The topological polar surface area (TPSA) is 32.3 Å². The highest BCUT2D eigenvalue weighted by Gasteiger charge is 2.37. The van der Waals surface area contributed by atoms with E-state index in [1.807, 2.05) is 6.92 Å². The molecule has 1 saturated heterocycles. The van der Waals surface area contributed by atoms with Gasteiger partial charge >= 0.3 is 0 Å². The maximum atomic E-state index is 13.6. The van der Waals surface area contributed by atoms with E-state index in [4.69, 9.17) is 0 Å². The minimum Gasteiger partial charge on any atom is -0.325 e. The zero-order valence-electron chi connectivity index (χ0n) is 9.71. The summed E-state index contributed by atoms with van der Waals surface area (Å²) in [5, 5.41) is 3.03. The van der Waals surface area contributed by atoms with Crippen molar-refractivity contribution in [3.8, 4) is 0 Å². The Balaban J connectivity index is 2.32. The van der Waals surface area contributed by atoms with Crippen LogP contribution in [0, 0.1) is 11.6 Å². The van der Waals surface area contributed by atoms with E-state index in [1.165, 1.54) is 17.0 Å². The first-order valence-corrected chi connectivity index (χ1v) is 5.52. The average molecular weight is 240 g/mol. The Morgan fingerprint density at radius 2 is 2.12 bits per heavy atom. The molecule has 0 saturated carbocycles. The number of nitrogens with one attached hydrogen (secondary N) is 1. The molecule has 1 aliphatic rings. The van der Waals surface area contributed by atoms with Gasteiger partial charge in [-0.2, -0.15) is 0 Å². The summed E-state index contributed by atoms with van der Waals surface area (Å²) in [5.41, 5.74) is 0.290. The lowest BCUT2D eigenvalue weighted by Gasteiger charge is -2.20. The van der Waals surface area contributed by atoms with Gasteiger partial charge in [-0.1, -0.05) is 6.92 Å². The predicted molar refractivity (Wildman–Crippen MR) is 59.1 cm³/mol. The maximum absolute atomic E-state index is 13.6. The molecule has 3 nitrogen and oxygen atoms in total. The summed E-state index contributed by atoms with van der Waals surface area (Å²) in [5.74, 6) is -1.33. The normalized spacial score (nSPS) is 24.5. The molecule has 1 fully saturated rings. The van der Waals surface area contributed by atoms with Crippen molar-refractivity contribution >= 4 is 5.91 Å². The van der Waals surface area contributed by atoms with Crippen LogP contribution in [0.4, 0.5) is 8.78 Å². The molecule has 0 bridgehead atoms. The molecule has 1 aromatic rings. The number of hydrogen-bond acceptors (Lipinski definition) is 2. The molecule has 1 aromatic carbocycles. The first kappa shape index (κ1) is 12.0. The second-order valence-corrected chi connectivity index (χ2v) is 4.15. The highest BCUT2D eigenvalue weighted by molar-refractivity contribution is 5.84.